The highest BCUT2D eigenvalue weighted by Gasteiger charge is 2.33. The third kappa shape index (κ3) is 5.10. The molecule has 0 unspecified atom stereocenters. The third-order valence-corrected chi connectivity index (χ3v) is 5.29. The van der Waals surface area contributed by atoms with E-state index in [4.69, 9.17) is 9.79 Å². The van der Waals surface area contributed by atoms with Gasteiger partial charge in [-0.3, -0.25) is 18.7 Å². The number of aromatic nitrogens is 5. The number of nitrogens with zero attached hydrogens (tertiary/aromatic N) is 5. The van der Waals surface area contributed by atoms with Crippen LogP contribution in [0.25, 0.3) is 0 Å². The predicted molar refractivity (Wildman–Crippen MR) is 104 cm³/mol. The quantitative estimate of drug-likeness (QED) is 0.298. The summed E-state index contributed by atoms with van der Waals surface area (Å²) in [5, 5.41) is 26.6. The van der Waals surface area contributed by atoms with E-state index in [1.165, 1.54) is 24.5 Å². The molecule has 0 fully saturated rings. The number of aliphatic hydroxyl groups is 2. The van der Waals surface area contributed by atoms with Crippen molar-refractivity contribution in [2.24, 2.45) is 0 Å². The summed E-state index contributed by atoms with van der Waals surface area (Å²) in [5.41, 5.74) is -1.35. The summed E-state index contributed by atoms with van der Waals surface area (Å²) in [6.45, 7) is -0.654. The lowest BCUT2D eigenvalue weighted by Gasteiger charge is -2.18. The molecule has 0 saturated carbocycles. The fraction of sp³-hybridized carbons (Fsp3) is 0.235. The Morgan fingerprint density at radius 1 is 1.10 bits per heavy atom. The van der Waals surface area contributed by atoms with Crippen LogP contribution in [-0.2, 0) is 17.7 Å². The summed E-state index contributed by atoms with van der Waals surface area (Å²) in [6, 6.07) is 8.85. The molecule has 1 aromatic carbocycles. The summed E-state index contributed by atoms with van der Waals surface area (Å²) in [5.74, 6) is -3.08. The zero-order valence-electron chi connectivity index (χ0n) is 15.8. The van der Waals surface area contributed by atoms with E-state index in [1.807, 2.05) is 0 Å². The lowest BCUT2D eigenvalue weighted by molar-refractivity contribution is 0.0380. The van der Waals surface area contributed by atoms with Gasteiger partial charge in [0.25, 0.3) is 11.5 Å². The first-order chi connectivity index (χ1) is 14.6. The van der Waals surface area contributed by atoms with Gasteiger partial charge in [0.15, 0.2) is 5.85 Å². The van der Waals surface area contributed by atoms with Crippen molar-refractivity contribution in [3.8, 4) is 0 Å². The molecule has 2 heterocycles. The molecule has 31 heavy (non-hydrogen) atoms. The van der Waals surface area contributed by atoms with E-state index in [0.29, 0.717) is 4.57 Å². The molecule has 4 N–H and O–H groups in total. The third-order valence-electron chi connectivity index (χ3n) is 4.26. The van der Waals surface area contributed by atoms with E-state index in [2.05, 4.69) is 10.3 Å². The first-order valence-corrected chi connectivity index (χ1v) is 10.5. The summed E-state index contributed by atoms with van der Waals surface area (Å²) in [6.07, 6.45) is 0.643. The maximum Gasteiger partial charge on any atom is 0.356 e. The summed E-state index contributed by atoms with van der Waals surface area (Å²) in [4.78, 5) is 55.2. The average molecular weight is 451 g/mol. The van der Waals surface area contributed by atoms with Crippen LogP contribution in [0, 0.1) is 0 Å². The Hall–Kier alpha value is -3.22. The largest absolute Gasteiger partial charge is 0.388 e. The smallest absolute Gasteiger partial charge is 0.356 e. The SMILES string of the molecule is O=C(c1ccccc1)n1c(=O)ccn(Cc2cn(C[C@H](O)[C@@H](O)P(=O)(O)O)nn2)c1=O. The van der Waals surface area contributed by atoms with Crippen LogP contribution >= 0.6 is 7.60 Å². The first kappa shape index (κ1) is 22.5. The molecule has 0 aliphatic heterocycles. The number of benzene rings is 1. The van der Waals surface area contributed by atoms with Gasteiger partial charge in [-0.1, -0.05) is 23.4 Å². The molecule has 3 aromatic rings. The van der Waals surface area contributed by atoms with Crippen LogP contribution in [0.15, 0.2) is 58.4 Å². The van der Waals surface area contributed by atoms with Crippen LogP contribution in [-0.4, -0.2) is 62.0 Å². The number of carbonyl (C=O) groups excluding carboxylic acids is 1. The van der Waals surface area contributed by atoms with Gasteiger partial charge >= 0.3 is 13.3 Å². The zero-order valence-corrected chi connectivity index (χ0v) is 16.7. The molecule has 0 bridgehead atoms. The van der Waals surface area contributed by atoms with Gasteiger partial charge < -0.3 is 20.0 Å². The molecule has 0 spiro atoms. The van der Waals surface area contributed by atoms with Crippen LogP contribution in [0.1, 0.15) is 16.1 Å². The van der Waals surface area contributed by atoms with E-state index >= 15 is 0 Å². The normalized spacial score (nSPS) is 13.7. The maximum absolute atomic E-state index is 12.7. The van der Waals surface area contributed by atoms with Crippen molar-refractivity contribution in [2.45, 2.75) is 25.0 Å². The summed E-state index contributed by atoms with van der Waals surface area (Å²) in [7, 11) is -4.92. The van der Waals surface area contributed by atoms with Crippen molar-refractivity contribution in [2.75, 3.05) is 0 Å². The lowest BCUT2D eigenvalue weighted by atomic mass is 10.2. The Kier molecular flexibility index (Phi) is 6.43. The molecule has 0 aliphatic rings. The molecular weight excluding hydrogens is 433 g/mol. The van der Waals surface area contributed by atoms with Gasteiger partial charge in [-0.15, -0.1) is 5.10 Å². The summed E-state index contributed by atoms with van der Waals surface area (Å²) < 4.78 is 13.6. The van der Waals surface area contributed by atoms with Crippen molar-refractivity contribution >= 4 is 13.5 Å². The second kappa shape index (κ2) is 8.88. The van der Waals surface area contributed by atoms with E-state index in [1.54, 1.807) is 18.2 Å². The number of rotatable bonds is 7. The van der Waals surface area contributed by atoms with E-state index < -0.39 is 43.2 Å². The van der Waals surface area contributed by atoms with E-state index in [0.717, 1.165) is 15.3 Å². The minimum absolute atomic E-state index is 0.156. The minimum atomic E-state index is -4.92. The number of aliphatic hydroxyl groups excluding tert-OH is 2. The highest BCUT2D eigenvalue weighted by atomic mass is 31.2. The molecule has 2 atom stereocenters. The molecule has 0 amide bonds. The standard InChI is InChI=1S/C17H18N5O8P/c23-13(16(26)31(28,29)30)10-21-9-12(18-19-21)8-20-7-6-14(24)22(17(20)27)15(25)11-4-2-1-3-5-11/h1-7,9,13,16,23,26H,8,10H2,(H2,28,29,30)/t13-,16-/m0/s1. The van der Waals surface area contributed by atoms with Crippen LogP contribution in [0.3, 0.4) is 0 Å². The van der Waals surface area contributed by atoms with Crippen molar-refractivity contribution in [1.29, 1.82) is 0 Å². The second-order valence-electron chi connectivity index (χ2n) is 6.57. The monoisotopic (exact) mass is 451 g/mol. The Labute approximate surface area is 173 Å². The number of hydrogen-bond acceptors (Lipinski definition) is 8. The van der Waals surface area contributed by atoms with Crippen molar-refractivity contribution < 1.29 is 29.4 Å². The van der Waals surface area contributed by atoms with Gasteiger partial charge in [0.2, 0.25) is 0 Å². The topological polar surface area (TPSA) is 190 Å². The maximum atomic E-state index is 12.7. The van der Waals surface area contributed by atoms with Crippen molar-refractivity contribution in [3.05, 3.63) is 80.9 Å². The fourth-order valence-corrected chi connectivity index (χ4v) is 3.26. The van der Waals surface area contributed by atoms with E-state index in [-0.39, 0.29) is 17.8 Å². The van der Waals surface area contributed by atoms with Crippen LogP contribution in [0.4, 0.5) is 0 Å². The van der Waals surface area contributed by atoms with Gasteiger partial charge in [0.1, 0.15) is 11.8 Å². The first-order valence-electron chi connectivity index (χ1n) is 8.80. The molecule has 0 aliphatic carbocycles. The zero-order chi connectivity index (χ0) is 22.8. The lowest BCUT2D eigenvalue weighted by Crippen LogP contribution is -2.43. The van der Waals surface area contributed by atoms with Gasteiger partial charge in [-0.2, -0.15) is 4.57 Å². The Bertz CT molecular complexity index is 1250. The highest BCUT2D eigenvalue weighted by Crippen LogP contribution is 2.41. The highest BCUT2D eigenvalue weighted by molar-refractivity contribution is 7.52. The Morgan fingerprint density at radius 3 is 2.42 bits per heavy atom. The fourth-order valence-electron chi connectivity index (χ4n) is 2.72. The van der Waals surface area contributed by atoms with Gasteiger partial charge in [0, 0.05) is 17.8 Å². The van der Waals surface area contributed by atoms with Crippen LogP contribution in [0.5, 0.6) is 0 Å². The van der Waals surface area contributed by atoms with E-state index in [9.17, 15) is 29.2 Å². The van der Waals surface area contributed by atoms with Crippen LogP contribution in [0.2, 0.25) is 0 Å². The molecular formula is C17H18N5O8P. The van der Waals surface area contributed by atoms with Gasteiger partial charge in [0.05, 0.1) is 19.3 Å². The Morgan fingerprint density at radius 2 is 1.77 bits per heavy atom. The van der Waals surface area contributed by atoms with Crippen molar-refractivity contribution in [1.82, 2.24) is 24.1 Å². The van der Waals surface area contributed by atoms with Gasteiger partial charge in [-0.05, 0) is 12.1 Å². The minimum Gasteiger partial charge on any atom is -0.388 e. The predicted octanol–water partition coefficient (Wildman–Crippen LogP) is -1.80. The molecule has 2 aromatic heterocycles. The molecule has 164 valence electrons. The van der Waals surface area contributed by atoms with Crippen LogP contribution < -0.4 is 11.2 Å². The summed E-state index contributed by atoms with van der Waals surface area (Å²) >= 11 is 0. The number of carbonyl (C=O) groups is 1. The second-order valence-corrected chi connectivity index (χ2v) is 8.28. The molecule has 13 nitrogen and oxygen atoms in total. The number of hydrogen-bond donors (Lipinski definition) is 4. The molecule has 0 saturated heterocycles. The average Bonchev–Trinajstić information content (AvgIpc) is 3.16. The van der Waals surface area contributed by atoms with Crippen molar-refractivity contribution in [3.63, 3.8) is 0 Å². The molecule has 14 heteroatoms. The molecule has 0 radical (unpaired) electrons. The Balaban J connectivity index is 1.82. The molecule has 3 rings (SSSR count). The van der Waals surface area contributed by atoms with Gasteiger partial charge in [-0.25, -0.2) is 9.48 Å².